The van der Waals surface area contributed by atoms with Gasteiger partial charge in [0.2, 0.25) is 0 Å². The van der Waals surface area contributed by atoms with Gasteiger partial charge in [-0.3, -0.25) is 5.21 Å². The Balaban J connectivity index is 2.64. The number of piperidine rings is 1. The number of nitrogens with zero attached hydrogens (tertiary/aromatic N) is 2. The van der Waals surface area contributed by atoms with E-state index in [9.17, 15) is 14.8 Å². The average Bonchev–Trinajstić information content (AvgIpc) is 2.16. The molecule has 92 valence electrons. The highest BCUT2D eigenvalue weighted by molar-refractivity contribution is 5.70. The van der Waals surface area contributed by atoms with Crippen LogP contribution in [0.5, 0.6) is 0 Å². The van der Waals surface area contributed by atoms with Crippen LogP contribution in [0.15, 0.2) is 0 Å². The van der Waals surface area contributed by atoms with Crippen molar-refractivity contribution in [1.82, 2.24) is 9.96 Å². The number of carboxylic acid groups (broad SMARTS) is 1. The Morgan fingerprint density at radius 2 is 2.19 bits per heavy atom. The van der Waals surface area contributed by atoms with E-state index in [1.807, 2.05) is 6.92 Å². The second-order valence-corrected chi connectivity index (χ2v) is 4.18. The molecule has 1 fully saturated rings. The van der Waals surface area contributed by atoms with Gasteiger partial charge in [0.1, 0.15) is 0 Å². The summed E-state index contributed by atoms with van der Waals surface area (Å²) in [6.07, 6.45) is 0.385. The molecule has 0 spiro atoms. The standard InChI is InChI=1S/C9H17N3O4/c1-6-2-3-11(9(14)15)7(4-6)5-12(16)8(10)13/h6-7,16H,2-5H2,1H3,(H2,10,13)(H,14,15)/t6-,7-/m1/s1. The molecule has 4 N–H and O–H groups in total. The molecule has 16 heavy (non-hydrogen) atoms. The zero-order valence-electron chi connectivity index (χ0n) is 9.17. The van der Waals surface area contributed by atoms with E-state index < -0.39 is 18.2 Å². The van der Waals surface area contributed by atoms with Gasteiger partial charge < -0.3 is 15.7 Å². The van der Waals surface area contributed by atoms with Crippen molar-refractivity contribution in [3.8, 4) is 0 Å². The van der Waals surface area contributed by atoms with E-state index in [-0.39, 0.29) is 6.54 Å². The third-order valence-electron chi connectivity index (χ3n) is 2.86. The minimum absolute atomic E-state index is 0.0774. The first-order valence-electron chi connectivity index (χ1n) is 5.17. The van der Waals surface area contributed by atoms with E-state index in [1.165, 1.54) is 4.90 Å². The summed E-state index contributed by atoms with van der Waals surface area (Å²) in [5.41, 5.74) is 4.88. The minimum Gasteiger partial charge on any atom is -0.465 e. The number of hydrogen-bond donors (Lipinski definition) is 3. The summed E-state index contributed by atoms with van der Waals surface area (Å²) in [6, 6.07) is -1.36. The van der Waals surface area contributed by atoms with Crippen LogP contribution in [0.25, 0.3) is 0 Å². The summed E-state index contributed by atoms with van der Waals surface area (Å²) in [5.74, 6) is 0.377. The lowest BCUT2D eigenvalue weighted by molar-refractivity contribution is -0.0615. The smallest absolute Gasteiger partial charge is 0.407 e. The first-order chi connectivity index (χ1) is 7.41. The van der Waals surface area contributed by atoms with E-state index in [1.54, 1.807) is 0 Å². The Kier molecular flexibility index (Phi) is 3.94. The van der Waals surface area contributed by atoms with Crippen LogP contribution in [-0.2, 0) is 0 Å². The second kappa shape index (κ2) is 5.02. The van der Waals surface area contributed by atoms with Crippen LogP contribution in [0.4, 0.5) is 9.59 Å². The van der Waals surface area contributed by atoms with Crippen molar-refractivity contribution in [2.24, 2.45) is 11.7 Å². The molecule has 0 aromatic carbocycles. The highest BCUT2D eigenvalue weighted by Gasteiger charge is 2.31. The molecule has 2 atom stereocenters. The van der Waals surface area contributed by atoms with Gasteiger partial charge in [0.15, 0.2) is 0 Å². The lowest BCUT2D eigenvalue weighted by atomic mass is 9.92. The van der Waals surface area contributed by atoms with Gasteiger partial charge in [-0.15, -0.1) is 0 Å². The van der Waals surface area contributed by atoms with E-state index >= 15 is 0 Å². The monoisotopic (exact) mass is 231 g/mol. The third kappa shape index (κ3) is 2.99. The van der Waals surface area contributed by atoms with Gasteiger partial charge >= 0.3 is 12.1 Å². The van der Waals surface area contributed by atoms with E-state index in [4.69, 9.17) is 10.8 Å². The van der Waals surface area contributed by atoms with Crippen LogP contribution in [0.3, 0.4) is 0 Å². The summed E-state index contributed by atoms with van der Waals surface area (Å²) >= 11 is 0. The fraction of sp³-hybridized carbons (Fsp3) is 0.778. The number of hydroxylamine groups is 2. The number of carbonyl (C=O) groups excluding carboxylic acids is 1. The fourth-order valence-electron chi connectivity index (χ4n) is 1.97. The Hall–Kier alpha value is -1.50. The molecule has 7 heteroatoms. The van der Waals surface area contributed by atoms with Gasteiger partial charge in [-0.2, -0.15) is 0 Å². The summed E-state index contributed by atoms with van der Waals surface area (Å²) in [5, 5.41) is 18.5. The van der Waals surface area contributed by atoms with Crippen molar-refractivity contribution < 1.29 is 19.9 Å². The normalized spacial score (nSPS) is 25.2. The first kappa shape index (κ1) is 12.6. The average molecular weight is 231 g/mol. The molecule has 1 rings (SSSR count). The molecule has 0 aromatic rings. The number of rotatable bonds is 2. The van der Waals surface area contributed by atoms with Crippen LogP contribution >= 0.6 is 0 Å². The van der Waals surface area contributed by atoms with E-state index in [0.717, 1.165) is 6.42 Å². The van der Waals surface area contributed by atoms with Crippen molar-refractivity contribution in [2.75, 3.05) is 13.1 Å². The highest BCUT2D eigenvalue weighted by Crippen LogP contribution is 2.22. The van der Waals surface area contributed by atoms with E-state index in [0.29, 0.717) is 23.9 Å². The topological polar surface area (TPSA) is 107 Å². The number of amides is 3. The zero-order valence-corrected chi connectivity index (χ0v) is 9.17. The fourth-order valence-corrected chi connectivity index (χ4v) is 1.97. The number of nitrogens with two attached hydrogens (primary N) is 1. The lowest BCUT2D eigenvalue weighted by Crippen LogP contribution is -2.51. The quantitative estimate of drug-likeness (QED) is 0.476. The van der Waals surface area contributed by atoms with Gasteiger partial charge in [-0.05, 0) is 18.8 Å². The van der Waals surface area contributed by atoms with Gasteiger partial charge in [0.25, 0.3) is 0 Å². The number of carbonyl (C=O) groups is 2. The first-order valence-corrected chi connectivity index (χ1v) is 5.17. The Morgan fingerprint density at radius 1 is 1.56 bits per heavy atom. The molecular weight excluding hydrogens is 214 g/mol. The predicted molar refractivity (Wildman–Crippen MR) is 55.0 cm³/mol. The molecule has 3 amide bonds. The Bertz CT molecular complexity index is 284. The predicted octanol–water partition coefficient (Wildman–Crippen LogP) is 0.535. The van der Waals surface area contributed by atoms with Crippen molar-refractivity contribution >= 4 is 12.1 Å². The van der Waals surface area contributed by atoms with Crippen molar-refractivity contribution in [1.29, 1.82) is 0 Å². The number of likely N-dealkylation sites (tertiary alicyclic amines) is 1. The zero-order chi connectivity index (χ0) is 12.3. The molecule has 0 saturated carbocycles. The molecule has 7 nitrogen and oxygen atoms in total. The molecular formula is C9H17N3O4. The van der Waals surface area contributed by atoms with Gasteiger partial charge in [0, 0.05) is 6.54 Å². The van der Waals surface area contributed by atoms with Crippen molar-refractivity contribution in [2.45, 2.75) is 25.8 Å². The number of primary amides is 1. The maximum absolute atomic E-state index is 10.9. The van der Waals surface area contributed by atoms with E-state index in [2.05, 4.69) is 0 Å². The summed E-state index contributed by atoms with van der Waals surface area (Å²) in [4.78, 5) is 22.8. The second-order valence-electron chi connectivity index (χ2n) is 4.18. The largest absolute Gasteiger partial charge is 0.465 e. The summed E-state index contributed by atoms with van der Waals surface area (Å²) in [7, 11) is 0. The minimum atomic E-state index is -1.03. The molecule has 0 aromatic heterocycles. The molecule has 1 aliphatic heterocycles. The van der Waals surface area contributed by atoms with Crippen LogP contribution in [0.2, 0.25) is 0 Å². The third-order valence-corrected chi connectivity index (χ3v) is 2.86. The maximum Gasteiger partial charge on any atom is 0.407 e. The molecule has 0 aliphatic carbocycles. The van der Waals surface area contributed by atoms with Crippen LogP contribution < -0.4 is 5.73 Å². The maximum atomic E-state index is 10.9. The molecule has 1 heterocycles. The summed E-state index contributed by atoms with van der Waals surface area (Å²) < 4.78 is 0. The molecule has 1 aliphatic rings. The molecule has 0 bridgehead atoms. The van der Waals surface area contributed by atoms with Crippen molar-refractivity contribution in [3.63, 3.8) is 0 Å². The molecule has 0 unspecified atom stereocenters. The lowest BCUT2D eigenvalue weighted by Gasteiger charge is -2.37. The molecule has 1 saturated heterocycles. The number of urea groups is 1. The van der Waals surface area contributed by atoms with Crippen molar-refractivity contribution in [3.05, 3.63) is 0 Å². The Labute approximate surface area is 93.4 Å². The SMILES string of the molecule is C[C@@H]1CCN(C(=O)O)[C@@H](CN(O)C(N)=O)C1. The molecule has 0 radical (unpaired) electrons. The Morgan fingerprint density at radius 3 is 2.69 bits per heavy atom. The van der Waals surface area contributed by atoms with Gasteiger partial charge in [0.05, 0.1) is 12.6 Å². The number of hydrogen-bond acceptors (Lipinski definition) is 3. The summed E-state index contributed by atoms with van der Waals surface area (Å²) in [6.45, 7) is 2.36. The van der Waals surface area contributed by atoms with Gasteiger partial charge in [-0.1, -0.05) is 6.92 Å². The van der Waals surface area contributed by atoms with Crippen LogP contribution in [0, 0.1) is 5.92 Å². The highest BCUT2D eigenvalue weighted by atomic mass is 16.5. The van der Waals surface area contributed by atoms with Crippen LogP contribution in [0.1, 0.15) is 19.8 Å². The van der Waals surface area contributed by atoms with Gasteiger partial charge in [-0.25, -0.2) is 14.7 Å². The van der Waals surface area contributed by atoms with Crippen LogP contribution in [-0.4, -0.2) is 51.5 Å².